The number of ether oxygens (including phenoxy) is 3. The van der Waals surface area contributed by atoms with Gasteiger partial charge < -0.3 is 45.7 Å². The Hall–Kier alpha value is -9.83. The Morgan fingerprint density at radius 1 is 0.655 bits per heavy atom. The minimum Gasteiger partial charge on any atom is -0.494 e. The molecule has 10 aromatic rings. The van der Waals surface area contributed by atoms with Crippen molar-refractivity contribution < 1.29 is 42.0 Å². The highest BCUT2D eigenvalue weighted by molar-refractivity contribution is 9.11. The van der Waals surface area contributed by atoms with Crippen molar-refractivity contribution in [2.45, 2.75) is 0 Å². The number of rotatable bonds is 16. The minimum absolute atomic E-state index is 0.0376. The molecule has 3 aromatic heterocycles. The summed E-state index contributed by atoms with van der Waals surface area (Å²) in [6, 6.07) is 30.9. The third-order valence-corrected chi connectivity index (χ3v) is 13.8. The molecule has 0 radical (unpaired) electrons. The number of fused-ring (bicyclic) bond motifs is 3. The zero-order valence-electron chi connectivity index (χ0n) is 47.0. The average Bonchev–Trinajstić information content (AvgIpc) is 2.68. The standard InChI is InChI=1S/C29H31FN6O2.C15H10BrFN4O3.C8H4BrClN2.C7H7FN2O3/c1-6-27(37)32-23-16-24(26(38-5)17-25(23)36(4)14-13-35(2)3)33-29-31-18-20-10-8-12-22(28(20)34-29)19-9-7-11-21(30)15-19;1-24-13-5-10(17)12(21(22)23)6-11(13)19-15-18-7-8-3-2-4-9(16)14(8)20-15;9-6-3-1-2-5-4-11-8(10)12-7(5)6;1-13-7-2-4(8)6(10(11)12)3-5(7)9/h6-12,15-18H,1,13-14H2,2-5H3,(H,32,37)(H,31,33,34);2-7H,1H3,(H,18,19,20);1-4H;2-3H,9H2,1H3. The Labute approximate surface area is 516 Å². The fourth-order valence-electron chi connectivity index (χ4n) is 8.06. The van der Waals surface area contributed by atoms with Crippen molar-refractivity contribution in [3.05, 3.63) is 198 Å². The molecule has 0 saturated heterocycles. The summed E-state index contributed by atoms with van der Waals surface area (Å²) in [4.78, 5) is 61.5. The van der Waals surface area contributed by atoms with Crippen LogP contribution in [-0.4, -0.2) is 106 Å². The number of halogens is 6. The van der Waals surface area contributed by atoms with Crippen LogP contribution in [0.15, 0.2) is 155 Å². The molecular weight excluding hydrogens is 1280 g/mol. The molecule has 448 valence electrons. The fourth-order valence-corrected chi connectivity index (χ4v) is 9.13. The molecule has 0 saturated carbocycles. The van der Waals surface area contributed by atoms with Crippen molar-refractivity contribution in [1.82, 2.24) is 34.8 Å². The molecule has 87 heavy (non-hydrogen) atoms. The van der Waals surface area contributed by atoms with Crippen molar-refractivity contribution in [1.29, 1.82) is 0 Å². The van der Waals surface area contributed by atoms with Gasteiger partial charge in [-0.2, -0.15) is 8.78 Å². The van der Waals surface area contributed by atoms with E-state index in [2.05, 4.69) is 88.9 Å². The number of methoxy groups -OCH3 is 3. The number of aromatic nitrogens is 6. The predicted molar refractivity (Wildman–Crippen MR) is 338 cm³/mol. The van der Waals surface area contributed by atoms with E-state index in [-0.39, 0.29) is 45.8 Å². The van der Waals surface area contributed by atoms with E-state index >= 15 is 0 Å². The first-order chi connectivity index (χ1) is 41.6. The van der Waals surface area contributed by atoms with Gasteiger partial charge in [0.2, 0.25) is 34.7 Å². The molecule has 0 spiro atoms. The second-order valence-electron chi connectivity index (χ2n) is 18.4. The van der Waals surface area contributed by atoms with Crippen molar-refractivity contribution in [3.8, 4) is 28.4 Å². The highest BCUT2D eigenvalue weighted by Crippen LogP contribution is 2.39. The molecular formula is C59H52Br2ClF3N14O8. The highest BCUT2D eigenvalue weighted by atomic mass is 79.9. The molecule has 0 aliphatic carbocycles. The smallest absolute Gasteiger partial charge is 0.307 e. The minimum atomic E-state index is -0.982. The maximum atomic E-state index is 13.9. The van der Waals surface area contributed by atoms with Gasteiger partial charge in [-0.25, -0.2) is 34.3 Å². The van der Waals surface area contributed by atoms with Crippen LogP contribution < -0.4 is 40.8 Å². The molecule has 10 rings (SSSR count). The van der Waals surface area contributed by atoms with Crippen LogP contribution in [0.4, 0.5) is 64.9 Å². The number of nitrogen functional groups attached to an aromatic ring is 1. The number of carbonyl (C=O) groups excluding carboxylic acids is 1. The van der Waals surface area contributed by atoms with Crippen molar-refractivity contribution in [2.75, 3.05) is 82.1 Å². The predicted octanol–water partition coefficient (Wildman–Crippen LogP) is 13.9. The number of likely N-dealkylation sites (N-methyl/N-ethyl adjacent to an activating group) is 2. The van der Waals surface area contributed by atoms with Crippen LogP contribution in [0.1, 0.15) is 0 Å². The number of hydrogen-bond acceptors (Lipinski definition) is 19. The van der Waals surface area contributed by atoms with Crippen LogP contribution in [0.5, 0.6) is 17.2 Å². The molecule has 5 N–H and O–H groups in total. The van der Waals surface area contributed by atoms with E-state index in [4.69, 9.17) is 31.8 Å². The first kappa shape index (κ1) is 64.7. The third kappa shape index (κ3) is 16.7. The largest absolute Gasteiger partial charge is 0.494 e. The second-order valence-corrected chi connectivity index (χ2v) is 20.5. The number of para-hydroxylation sites is 3. The van der Waals surface area contributed by atoms with Gasteiger partial charge in [-0.05, 0) is 99.5 Å². The first-order valence-corrected chi connectivity index (χ1v) is 27.4. The number of amides is 1. The van der Waals surface area contributed by atoms with E-state index < -0.39 is 32.9 Å². The summed E-state index contributed by atoms with van der Waals surface area (Å²) in [6.45, 7) is 5.12. The summed E-state index contributed by atoms with van der Waals surface area (Å²) in [5.41, 5.74) is 9.89. The summed E-state index contributed by atoms with van der Waals surface area (Å²) < 4.78 is 57.6. The monoisotopic (exact) mass is 1330 g/mol. The Balaban J connectivity index is 0.000000186. The van der Waals surface area contributed by atoms with Gasteiger partial charge in [0.1, 0.15) is 23.1 Å². The molecule has 22 nitrogen and oxygen atoms in total. The Kier molecular flexibility index (Phi) is 22.2. The molecule has 28 heteroatoms. The van der Waals surface area contributed by atoms with Crippen LogP contribution in [0, 0.1) is 37.7 Å². The van der Waals surface area contributed by atoms with Crippen LogP contribution in [0.25, 0.3) is 43.8 Å². The number of nitrogens with two attached hydrogens (primary N) is 1. The zero-order chi connectivity index (χ0) is 63.1. The molecule has 0 atom stereocenters. The molecule has 0 fully saturated rings. The number of benzene rings is 7. The lowest BCUT2D eigenvalue weighted by atomic mass is 10.0. The lowest BCUT2D eigenvalue weighted by Crippen LogP contribution is -2.29. The van der Waals surface area contributed by atoms with Gasteiger partial charge in [0.25, 0.3) is 0 Å². The van der Waals surface area contributed by atoms with E-state index in [9.17, 15) is 38.2 Å². The SMILES string of the molecule is C=CC(=O)Nc1cc(Nc2ncc3cccc(-c4cccc(F)c4)c3n2)c(OC)cc1N(C)CCN(C)C.COc1cc(F)c([N+](=O)[O-])cc1N.COc1cc(F)c([N+](=O)[O-])cc1Nc1ncc2cccc(Br)c2n1.Clc1ncc2cccc(Br)c2n1. The zero-order valence-corrected chi connectivity index (χ0v) is 50.9. The topological polar surface area (TPSA) is 277 Å². The molecule has 0 bridgehead atoms. The van der Waals surface area contributed by atoms with Crippen molar-refractivity contribution in [2.24, 2.45) is 0 Å². The van der Waals surface area contributed by atoms with E-state index in [0.717, 1.165) is 84.8 Å². The second kappa shape index (κ2) is 29.8. The van der Waals surface area contributed by atoms with E-state index in [1.807, 2.05) is 92.8 Å². The molecule has 1 amide bonds. The van der Waals surface area contributed by atoms with Crippen LogP contribution in [0.2, 0.25) is 5.28 Å². The maximum Gasteiger partial charge on any atom is 0.307 e. The van der Waals surface area contributed by atoms with Crippen LogP contribution >= 0.6 is 43.5 Å². The third-order valence-electron chi connectivity index (χ3n) is 12.3. The van der Waals surface area contributed by atoms with Gasteiger partial charge in [-0.3, -0.25) is 25.0 Å². The summed E-state index contributed by atoms with van der Waals surface area (Å²) >= 11 is 12.4. The summed E-state index contributed by atoms with van der Waals surface area (Å²) in [6.07, 6.45) is 6.25. The number of carbonyl (C=O) groups is 1. The molecule has 0 aliphatic rings. The summed E-state index contributed by atoms with van der Waals surface area (Å²) in [5.74, 6) is -1.32. The number of nitrogens with zero attached hydrogens (tertiary/aromatic N) is 10. The Morgan fingerprint density at radius 3 is 1.72 bits per heavy atom. The van der Waals surface area contributed by atoms with E-state index in [0.29, 0.717) is 34.1 Å². The Bertz CT molecular complexity index is 4200. The van der Waals surface area contributed by atoms with E-state index in [1.54, 1.807) is 37.8 Å². The van der Waals surface area contributed by atoms with Gasteiger partial charge in [0.05, 0.1) is 76.2 Å². The highest BCUT2D eigenvalue weighted by Gasteiger charge is 2.22. The molecule has 7 aromatic carbocycles. The average molecular weight is 1340 g/mol. The van der Waals surface area contributed by atoms with E-state index in [1.165, 1.54) is 32.4 Å². The Morgan fingerprint density at radius 2 is 1.16 bits per heavy atom. The quantitative estimate of drug-likeness (QED) is 0.0230. The number of nitrogens with one attached hydrogen (secondary N) is 3. The van der Waals surface area contributed by atoms with Crippen LogP contribution in [0.3, 0.4) is 0 Å². The van der Waals surface area contributed by atoms with Gasteiger partial charge in [0, 0.05) is 99.7 Å². The van der Waals surface area contributed by atoms with Gasteiger partial charge >= 0.3 is 11.4 Å². The lowest BCUT2D eigenvalue weighted by Gasteiger charge is -2.26. The lowest BCUT2D eigenvalue weighted by molar-refractivity contribution is -0.387. The van der Waals surface area contributed by atoms with Gasteiger partial charge in [-0.15, -0.1) is 0 Å². The van der Waals surface area contributed by atoms with Gasteiger partial charge in [0.15, 0.2) is 0 Å². The summed E-state index contributed by atoms with van der Waals surface area (Å²) in [7, 11) is 10.2. The number of anilines is 7. The number of hydrogen-bond donors (Lipinski definition) is 4. The molecule has 3 heterocycles. The molecule has 0 aliphatic heterocycles. The number of nitro groups is 2. The number of nitro benzene ring substituents is 2. The fraction of sp³-hybridized carbons (Fsp3) is 0.136. The first-order valence-electron chi connectivity index (χ1n) is 25.5. The van der Waals surface area contributed by atoms with Crippen LogP contribution in [-0.2, 0) is 4.79 Å². The van der Waals surface area contributed by atoms with Gasteiger partial charge in [-0.1, -0.05) is 61.2 Å². The normalized spacial score (nSPS) is 10.6. The van der Waals surface area contributed by atoms with Crippen molar-refractivity contribution >= 4 is 134 Å². The summed E-state index contributed by atoms with van der Waals surface area (Å²) in [5, 5.41) is 33.0. The maximum absolute atomic E-state index is 13.9. The molecule has 0 unspecified atom stereocenters. The van der Waals surface area contributed by atoms with Crippen molar-refractivity contribution in [3.63, 3.8) is 0 Å².